The Hall–Kier alpha value is -3.27. The molecule has 0 saturated carbocycles. The molecular weight excluding hydrogens is 362 g/mol. The summed E-state index contributed by atoms with van der Waals surface area (Å²) in [5, 5.41) is 0. The molecule has 1 saturated heterocycles. The third-order valence-corrected chi connectivity index (χ3v) is 6.01. The van der Waals surface area contributed by atoms with E-state index in [1.54, 1.807) is 7.11 Å². The van der Waals surface area contributed by atoms with Crippen molar-refractivity contribution in [2.75, 3.05) is 20.2 Å². The van der Waals surface area contributed by atoms with Gasteiger partial charge in [-0.2, -0.15) is 0 Å². The van der Waals surface area contributed by atoms with Crippen LogP contribution in [0.5, 0.6) is 17.2 Å². The van der Waals surface area contributed by atoms with Gasteiger partial charge < -0.3 is 14.4 Å². The summed E-state index contributed by atoms with van der Waals surface area (Å²) in [5.74, 6) is 2.60. The standard InChI is InChI=1S/C25H23NO3/c1-28-19-12-10-17(11-13-19)18-14-15-26(16-18)25(27)24-20-6-2-4-8-22(20)29-23-9-5-3-7-21(23)24/h2-13,18,24H,14-16H2,1H3. The van der Waals surface area contributed by atoms with Gasteiger partial charge in [-0.15, -0.1) is 0 Å². The SMILES string of the molecule is COc1ccc(C2CCN(C(=O)C3c4ccccc4Oc4ccccc43)C2)cc1. The number of nitrogens with zero attached hydrogens (tertiary/aromatic N) is 1. The third kappa shape index (κ3) is 3.15. The highest BCUT2D eigenvalue weighted by molar-refractivity contribution is 5.90. The first-order chi connectivity index (χ1) is 14.2. The van der Waals surface area contributed by atoms with E-state index in [0.717, 1.165) is 47.9 Å². The minimum absolute atomic E-state index is 0.157. The molecule has 2 aliphatic heterocycles. The van der Waals surface area contributed by atoms with Crippen LogP contribution in [0.3, 0.4) is 0 Å². The Kier molecular flexibility index (Phi) is 4.47. The van der Waals surface area contributed by atoms with Crippen molar-refractivity contribution in [3.05, 3.63) is 89.5 Å². The van der Waals surface area contributed by atoms with Gasteiger partial charge in [-0.1, -0.05) is 48.5 Å². The number of hydrogen-bond acceptors (Lipinski definition) is 3. The van der Waals surface area contributed by atoms with Crippen molar-refractivity contribution in [2.45, 2.75) is 18.3 Å². The molecule has 5 rings (SSSR count). The Labute approximate surface area is 170 Å². The number of benzene rings is 3. The maximum absolute atomic E-state index is 13.7. The highest BCUT2D eigenvalue weighted by atomic mass is 16.5. The first kappa shape index (κ1) is 17.8. The molecule has 0 radical (unpaired) electrons. The number of carbonyl (C=O) groups is 1. The van der Waals surface area contributed by atoms with Crippen LogP contribution in [0.1, 0.15) is 34.9 Å². The van der Waals surface area contributed by atoms with E-state index in [0.29, 0.717) is 5.92 Å². The van der Waals surface area contributed by atoms with Gasteiger partial charge in [0.05, 0.1) is 13.0 Å². The molecule has 1 fully saturated rings. The van der Waals surface area contributed by atoms with Crippen LogP contribution in [0, 0.1) is 0 Å². The smallest absolute Gasteiger partial charge is 0.234 e. The van der Waals surface area contributed by atoms with Crippen molar-refractivity contribution in [1.29, 1.82) is 0 Å². The summed E-state index contributed by atoms with van der Waals surface area (Å²) in [6, 6.07) is 23.9. The zero-order valence-electron chi connectivity index (χ0n) is 16.4. The van der Waals surface area contributed by atoms with Crippen LogP contribution in [-0.4, -0.2) is 31.0 Å². The van der Waals surface area contributed by atoms with Crippen molar-refractivity contribution in [2.24, 2.45) is 0 Å². The summed E-state index contributed by atoms with van der Waals surface area (Å²) in [4.78, 5) is 15.7. The van der Waals surface area contributed by atoms with E-state index in [-0.39, 0.29) is 11.8 Å². The van der Waals surface area contributed by atoms with E-state index in [1.165, 1.54) is 5.56 Å². The molecule has 3 aromatic carbocycles. The molecule has 0 aliphatic carbocycles. The molecule has 0 bridgehead atoms. The van der Waals surface area contributed by atoms with Gasteiger partial charge in [0, 0.05) is 30.1 Å². The number of methoxy groups -OCH3 is 1. The molecule has 0 aromatic heterocycles. The lowest BCUT2D eigenvalue weighted by atomic mass is 9.87. The van der Waals surface area contributed by atoms with Crippen LogP contribution in [0.4, 0.5) is 0 Å². The molecular formula is C25H23NO3. The Morgan fingerprint density at radius 1 is 0.931 bits per heavy atom. The number of para-hydroxylation sites is 2. The van der Waals surface area contributed by atoms with E-state index in [9.17, 15) is 4.79 Å². The molecule has 4 heteroatoms. The zero-order chi connectivity index (χ0) is 19.8. The summed E-state index contributed by atoms with van der Waals surface area (Å²) in [6.07, 6.45) is 0.977. The topological polar surface area (TPSA) is 38.8 Å². The number of rotatable bonds is 3. The third-order valence-electron chi connectivity index (χ3n) is 6.01. The number of likely N-dealkylation sites (tertiary alicyclic amines) is 1. The number of ether oxygens (including phenoxy) is 2. The second-order valence-electron chi connectivity index (χ2n) is 7.65. The van der Waals surface area contributed by atoms with E-state index in [1.807, 2.05) is 65.6 Å². The van der Waals surface area contributed by atoms with Crippen molar-refractivity contribution in [3.8, 4) is 17.2 Å². The summed E-state index contributed by atoms with van der Waals surface area (Å²) in [5.41, 5.74) is 3.15. The van der Waals surface area contributed by atoms with Gasteiger partial charge >= 0.3 is 0 Å². The molecule has 0 spiro atoms. The summed E-state index contributed by atoms with van der Waals surface area (Å²) >= 11 is 0. The second kappa shape index (κ2) is 7.28. The first-order valence-electron chi connectivity index (χ1n) is 10.0. The molecule has 4 nitrogen and oxygen atoms in total. The van der Waals surface area contributed by atoms with Crippen molar-refractivity contribution in [3.63, 3.8) is 0 Å². The van der Waals surface area contributed by atoms with Gasteiger partial charge in [0.1, 0.15) is 17.2 Å². The lowest BCUT2D eigenvalue weighted by Gasteiger charge is -2.30. The van der Waals surface area contributed by atoms with Crippen LogP contribution in [0.15, 0.2) is 72.8 Å². The first-order valence-corrected chi connectivity index (χ1v) is 10.0. The summed E-state index contributed by atoms with van der Waals surface area (Å²) in [6.45, 7) is 1.52. The van der Waals surface area contributed by atoms with Crippen LogP contribution in [-0.2, 0) is 4.79 Å². The molecule has 1 amide bonds. The fourth-order valence-electron chi connectivity index (χ4n) is 4.47. The van der Waals surface area contributed by atoms with Gasteiger partial charge in [-0.05, 0) is 36.2 Å². The van der Waals surface area contributed by atoms with Crippen molar-refractivity contribution >= 4 is 5.91 Å². The lowest BCUT2D eigenvalue weighted by molar-refractivity contribution is -0.131. The molecule has 3 aromatic rings. The van der Waals surface area contributed by atoms with Crippen LogP contribution < -0.4 is 9.47 Å². The number of amides is 1. The molecule has 1 atom stereocenters. The zero-order valence-corrected chi connectivity index (χ0v) is 16.4. The Morgan fingerprint density at radius 2 is 1.55 bits per heavy atom. The maximum atomic E-state index is 13.7. The molecule has 2 heterocycles. The highest BCUT2D eigenvalue weighted by Gasteiger charge is 2.37. The van der Waals surface area contributed by atoms with E-state index >= 15 is 0 Å². The molecule has 2 aliphatic rings. The van der Waals surface area contributed by atoms with Crippen LogP contribution >= 0.6 is 0 Å². The predicted molar refractivity (Wildman–Crippen MR) is 112 cm³/mol. The number of carbonyl (C=O) groups excluding carboxylic acids is 1. The predicted octanol–water partition coefficient (Wildman–Crippen LogP) is 4.95. The fourth-order valence-corrected chi connectivity index (χ4v) is 4.47. The second-order valence-corrected chi connectivity index (χ2v) is 7.65. The largest absolute Gasteiger partial charge is 0.497 e. The minimum Gasteiger partial charge on any atom is -0.497 e. The lowest BCUT2D eigenvalue weighted by Crippen LogP contribution is -2.34. The van der Waals surface area contributed by atoms with Crippen molar-refractivity contribution < 1.29 is 14.3 Å². The normalized spacial score (nSPS) is 18.0. The fraction of sp³-hybridized carbons (Fsp3) is 0.240. The van der Waals surface area contributed by atoms with Gasteiger partial charge in [0.25, 0.3) is 0 Å². The summed E-state index contributed by atoms with van der Waals surface area (Å²) < 4.78 is 11.3. The molecule has 146 valence electrons. The summed E-state index contributed by atoms with van der Waals surface area (Å²) in [7, 11) is 1.68. The highest BCUT2D eigenvalue weighted by Crippen LogP contribution is 2.45. The average molecular weight is 385 g/mol. The maximum Gasteiger partial charge on any atom is 0.234 e. The monoisotopic (exact) mass is 385 g/mol. The van der Waals surface area contributed by atoms with E-state index < -0.39 is 0 Å². The van der Waals surface area contributed by atoms with E-state index in [2.05, 4.69) is 12.1 Å². The van der Waals surface area contributed by atoms with Crippen LogP contribution in [0.2, 0.25) is 0 Å². The Balaban J connectivity index is 1.42. The van der Waals surface area contributed by atoms with Crippen molar-refractivity contribution in [1.82, 2.24) is 4.90 Å². The van der Waals surface area contributed by atoms with E-state index in [4.69, 9.17) is 9.47 Å². The number of hydrogen-bond donors (Lipinski definition) is 0. The number of fused-ring (bicyclic) bond motifs is 2. The average Bonchev–Trinajstić information content (AvgIpc) is 3.27. The van der Waals surface area contributed by atoms with Gasteiger partial charge in [0.2, 0.25) is 5.91 Å². The van der Waals surface area contributed by atoms with Crippen LogP contribution in [0.25, 0.3) is 0 Å². The molecule has 0 N–H and O–H groups in total. The quantitative estimate of drug-likeness (QED) is 0.640. The van der Waals surface area contributed by atoms with Gasteiger partial charge in [-0.25, -0.2) is 0 Å². The molecule has 29 heavy (non-hydrogen) atoms. The van der Waals surface area contributed by atoms with Gasteiger partial charge in [-0.3, -0.25) is 4.79 Å². The van der Waals surface area contributed by atoms with Gasteiger partial charge in [0.15, 0.2) is 0 Å². The minimum atomic E-state index is -0.314. The molecule has 1 unspecified atom stereocenters. The Bertz CT molecular complexity index is 998. The Morgan fingerprint density at radius 3 is 2.17 bits per heavy atom.